The fraction of sp³-hybridized carbons (Fsp3) is 0.0909. The Morgan fingerprint density at radius 2 is 1.60 bits per heavy atom. The number of nitrogen functional groups attached to an aromatic ring is 1. The zero-order chi connectivity index (χ0) is 14.9. The number of para-hydroxylation sites is 1. The minimum Gasteiger partial charge on any atom is -0.405 e. The fourth-order valence-electron chi connectivity index (χ4n) is 1.53. The molecule has 0 unspecified atom stereocenters. The topological polar surface area (TPSA) is 61.0 Å². The van der Waals surface area contributed by atoms with Gasteiger partial charge in [0.25, 0.3) is 0 Å². The number of hydrogen-bond acceptors (Lipinski definition) is 4. The molecule has 0 bridgehead atoms. The normalized spacial score (nSPS) is 11.4. The molecule has 0 aliphatic carbocycles. The summed E-state index contributed by atoms with van der Waals surface area (Å²) in [6.07, 6.45) is -4.84. The van der Waals surface area contributed by atoms with Crippen molar-refractivity contribution in [1.82, 2.24) is 9.97 Å². The smallest absolute Gasteiger partial charge is 0.405 e. The standard InChI is InChI=1S/C11H6Cl2F3N3O/c12-8-7(9(13)19-10(17)18-8)5-3-1-2-4-6(5)20-11(14,15)16/h1-4H,(H2,17,18,19). The van der Waals surface area contributed by atoms with E-state index in [1.165, 1.54) is 18.2 Å². The summed E-state index contributed by atoms with van der Waals surface area (Å²) < 4.78 is 41.0. The van der Waals surface area contributed by atoms with Crippen LogP contribution in [0, 0.1) is 0 Å². The number of rotatable bonds is 2. The molecule has 0 aliphatic rings. The van der Waals surface area contributed by atoms with Gasteiger partial charge in [-0.1, -0.05) is 41.4 Å². The molecule has 1 aromatic heterocycles. The summed E-state index contributed by atoms with van der Waals surface area (Å²) in [5.74, 6) is -0.643. The number of halogens is 5. The first-order valence-corrected chi connectivity index (χ1v) is 5.87. The first-order chi connectivity index (χ1) is 9.28. The van der Waals surface area contributed by atoms with Crippen molar-refractivity contribution in [3.8, 4) is 16.9 Å². The minimum atomic E-state index is -4.84. The Morgan fingerprint density at radius 1 is 1.05 bits per heavy atom. The quantitative estimate of drug-likeness (QED) is 0.850. The van der Waals surface area contributed by atoms with E-state index < -0.39 is 12.1 Å². The fourth-order valence-corrected chi connectivity index (χ4v) is 2.14. The van der Waals surface area contributed by atoms with Crippen LogP contribution in [0.3, 0.4) is 0 Å². The minimum absolute atomic E-state index is 0.0137. The van der Waals surface area contributed by atoms with Gasteiger partial charge in [-0.15, -0.1) is 13.2 Å². The maximum absolute atomic E-state index is 12.4. The maximum atomic E-state index is 12.4. The lowest BCUT2D eigenvalue weighted by Crippen LogP contribution is -2.17. The van der Waals surface area contributed by atoms with Gasteiger partial charge in [-0.3, -0.25) is 0 Å². The largest absolute Gasteiger partial charge is 0.573 e. The highest BCUT2D eigenvalue weighted by Crippen LogP contribution is 2.39. The zero-order valence-electron chi connectivity index (χ0n) is 9.58. The molecule has 0 spiro atoms. The molecule has 0 saturated heterocycles. The highest BCUT2D eigenvalue weighted by Gasteiger charge is 2.32. The van der Waals surface area contributed by atoms with Gasteiger partial charge in [0.1, 0.15) is 16.1 Å². The highest BCUT2D eigenvalue weighted by molar-refractivity contribution is 6.38. The SMILES string of the molecule is Nc1nc(Cl)c(-c2ccccc2OC(F)(F)F)c(Cl)n1. The van der Waals surface area contributed by atoms with E-state index in [0.29, 0.717) is 0 Å². The van der Waals surface area contributed by atoms with Gasteiger partial charge in [-0.2, -0.15) is 0 Å². The van der Waals surface area contributed by atoms with Crippen molar-refractivity contribution in [2.24, 2.45) is 0 Å². The van der Waals surface area contributed by atoms with Crippen molar-refractivity contribution < 1.29 is 17.9 Å². The third kappa shape index (κ3) is 3.23. The predicted molar refractivity (Wildman–Crippen MR) is 68.6 cm³/mol. The van der Waals surface area contributed by atoms with E-state index in [-0.39, 0.29) is 27.4 Å². The van der Waals surface area contributed by atoms with Gasteiger partial charge in [-0.25, -0.2) is 9.97 Å². The van der Waals surface area contributed by atoms with Crippen molar-refractivity contribution >= 4 is 29.2 Å². The number of nitrogens with two attached hydrogens (primary N) is 1. The van der Waals surface area contributed by atoms with Crippen molar-refractivity contribution in [2.45, 2.75) is 6.36 Å². The Hall–Kier alpha value is -1.73. The van der Waals surface area contributed by atoms with Gasteiger partial charge in [0.15, 0.2) is 0 Å². The summed E-state index contributed by atoms with van der Waals surface area (Å²) in [4.78, 5) is 7.32. The highest BCUT2D eigenvalue weighted by atomic mass is 35.5. The molecule has 20 heavy (non-hydrogen) atoms. The molecule has 9 heteroatoms. The van der Waals surface area contributed by atoms with Crippen LogP contribution in [0.15, 0.2) is 24.3 Å². The van der Waals surface area contributed by atoms with E-state index in [9.17, 15) is 13.2 Å². The third-order valence-electron chi connectivity index (χ3n) is 2.22. The molecule has 2 rings (SSSR count). The summed E-state index contributed by atoms with van der Waals surface area (Å²) in [5.41, 5.74) is 5.37. The second-order valence-electron chi connectivity index (χ2n) is 3.58. The van der Waals surface area contributed by atoms with Crippen LogP contribution < -0.4 is 10.5 Å². The average molecular weight is 324 g/mol. The lowest BCUT2D eigenvalue weighted by molar-refractivity contribution is -0.274. The Labute approximate surface area is 121 Å². The molecule has 0 aliphatic heterocycles. The van der Waals surface area contributed by atoms with Gasteiger partial charge in [0.2, 0.25) is 5.95 Å². The lowest BCUT2D eigenvalue weighted by Gasteiger charge is -2.14. The van der Waals surface area contributed by atoms with Crippen LogP contribution in [0.25, 0.3) is 11.1 Å². The van der Waals surface area contributed by atoms with Gasteiger partial charge in [-0.05, 0) is 6.07 Å². The zero-order valence-corrected chi connectivity index (χ0v) is 11.1. The van der Waals surface area contributed by atoms with Crippen molar-refractivity contribution in [2.75, 3.05) is 5.73 Å². The maximum Gasteiger partial charge on any atom is 0.573 e. The van der Waals surface area contributed by atoms with E-state index in [1.807, 2.05) is 0 Å². The first kappa shape index (κ1) is 14.7. The Kier molecular flexibility index (Phi) is 3.92. The average Bonchev–Trinajstić information content (AvgIpc) is 2.28. The number of hydrogen-bond donors (Lipinski definition) is 1. The first-order valence-electron chi connectivity index (χ1n) is 5.11. The number of benzene rings is 1. The van der Waals surface area contributed by atoms with Gasteiger partial charge in [0, 0.05) is 5.56 Å². The molecule has 1 aromatic carbocycles. The Balaban J connectivity index is 2.59. The van der Waals surface area contributed by atoms with Crippen LogP contribution >= 0.6 is 23.2 Å². The van der Waals surface area contributed by atoms with E-state index in [1.54, 1.807) is 0 Å². The van der Waals surface area contributed by atoms with E-state index >= 15 is 0 Å². The second-order valence-corrected chi connectivity index (χ2v) is 4.30. The van der Waals surface area contributed by atoms with Crippen LogP contribution in [-0.2, 0) is 0 Å². The third-order valence-corrected chi connectivity index (χ3v) is 2.77. The van der Waals surface area contributed by atoms with Crippen LogP contribution in [0.1, 0.15) is 0 Å². The summed E-state index contributed by atoms with van der Waals surface area (Å²) in [7, 11) is 0. The summed E-state index contributed by atoms with van der Waals surface area (Å²) in [5, 5.41) is -0.332. The molecule has 1 heterocycles. The Morgan fingerprint density at radius 3 is 2.15 bits per heavy atom. The molecule has 0 fully saturated rings. The van der Waals surface area contributed by atoms with Gasteiger partial charge in [0.05, 0.1) is 5.56 Å². The van der Waals surface area contributed by atoms with Crippen LogP contribution in [0.2, 0.25) is 10.3 Å². The monoisotopic (exact) mass is 323 g/mol. The number of aromatic nitrogens is 2. The summed E-state index contributed by atoms with van der Waals surface area (Å²) in [6.45, 7) is 0. The predicted octanol–water partition coefficient (Wildman–Crippen LogP) is 3.93. The molecule has 2 aromatic rings. The molecule has 106 valence electrons. The molecule has 4 nitrogen and oxygen atoms in total. The molecule has 2 N–H and O–H groups in total. The molecule has 0 saturated carbocycles. The molecule has 0 radical (unpaired) electrons. The number of anilines is 1. The lowest BCUT2D eigenvalue weighted by atomic mass is 10.1. The van der Waals surface area contributed by atoms with Crippen molar-refractivity contribution in [1.29, 1.82) is 0 Å². The molecule has 0 amide bonds. The van der Waals surface area contributed by atoms with E-state index in [2.05, 4.69) is 14.7 Å². The number of ether oxygens (including phenoxy) is 1. The van der Waals surface area contributed by atoms with Crippen LogP contribution in [-0.4, -0.2) is 16.3 Å². The van der Waals surface area contributed by atoms with Crippen molar-refractivity contribution in [3.63, 3.8) is 0 Å². The van der Waals surface area contributed by atoms with E-state index in [0.717, 1.165) is 6.07 Å². The Bertz CT molecular complexity index is 626. The summed E-state index contributed by atoms with van der Waals surface area (Å²) in [6, 6.07) is 5.37. The molecular formula is C11H6Cl2F3N3O. The van der Waals surface area contributed by atoms with Gasteiger partial charge < -0.3 is 10.5 Å². The molecule has 0 atom stereocenters. The van der Waals surface area contributed by atoms with E-state index in [4.69, 9.17) is 28.9 Å². The summed E-state index contributed by atoms with van der Waals surface area (Å²) >= 11 is 11.7. The number of alkyl halides is 3. The van der Waals surface area contributed by atoms with Gasteiger partial charge >= 0.3 is 6.36 Å². The second kappa shape index (κ2) is 5.34. The van der Waals surface area contributed by atoms with Crippen LogP contribution in [0.5, 0.6) is 5.75 Å². The van der Waals surface area contributed by atoms with Crippen LogP contribution in [0.4, 0.5) is 19.1 Å². The number of nitrogens with zero attached hydrogens (tertiary/aromatic N) is 2. The molecular weight excluding hydrogens is 318 g/mol. The van der Waals surface area contributed by atoms with Crippen molar-refractivity contribution in [3.05, 3.63) is 34.6 Å².